The predicted octanol–water partition coefficient (Wildman–Crippen LogP) is 3.37. The summed E-state index contributed by atoms with van der Waals surface area (Å²) < 4.78 is 10.6. The second kappa shape index (κ2) is 6.80. The van der Waals surface area contributed by atoms with E-state index in [4.69, 9.17) is 9.47 Å². The summed E-state index contributed by atoms with van der Waals surface area (Å²) in [6, 6.07) is 6.78. The molecule has 1 aliphatic carbocycles. The maximum atomic E-state index is 5.34. The van der Waals surface area contributed by atoms with Crippen molar-refractivity contribution < 1.29 is 9.47 Å². The predicted molar refractivity (Wildman–Crippen MR) is 77.8 cm³/mol. The van der Waals surface area contributed by atoms with Crippen LogP contribution in [0.15, 0.2) is 18.2 Å². The van der Waals surface area contributed by atoms with Crippen LogP contribution in [0.3, 0.4) is 0 Å². The third kappa shape index (κ3) is 3.63. The van der Waals surface area contributed by atoms with Gasteiger partial charge < -0.3 is 14.8 Å². The molecule has 106 valence electrons. The van der Waals surface area contributed by atoms with E-state index < -0.39 is 0 Å². The second-order valence-corrected chi connectivity index (χ2v) is 5.44. The molecule has 2 atom stereocenters. The summed E-state index contributed by atoms with van der Waals surface area (Å²) >= 11 is 0. The molecule has 0 bridgehead atoms. The maximum Gasteiger partial charge on any atom is 0.161 e. The van der Waals surface area contributed by atoms with Crippen LogP contribution in [-0.4, -0.2) is 20.3 Å². The minimum absolute atomic E-state index is 0.654. The lowest BCUT2D eigenvalue weighted by molar-refractivity contribution is 0.279. The van der Waals surface area contributed by atoms with E-state index in [-0.39, 0.29) is 0 Å². The van der Waals surface area contributed by atoms with Crippen LogP contribution in [-0.2, 0) is 6.54 Å². The SMILES string of the molecule is COc1ccc(CN[C@@H]2CCCC[C@H]2C)cc1OC. The highest BCUT2D eigenvalue weighted by Crippen LogP contribution is 2.28. The number of ether oxygens (including phenoxy) is 2. The Hall–Kier alpha value is -1.22. The van der Waals surface area contributed by atoms with Crippen LogP contribution in [0.25, 0.3) is 0 Å². The quantitative estimate of drug-likeness (QED) is 0.883. The number of methoxy groups -OCH3 is 2. The molecular weight excluding hydrogens is 238 g/mol. The molecule has 0 amide bonds. The van der Waals surface area contributed by atoms with Gasteiger partial charge in [0.15, 0.2) is 11.5 Å². The summed E-state index contributed by atoms with van der Waals surface area (Å²) in [5.74, 6) is 2.38. The van der Waals surface area contributed by atoms with Crippen molar-refractivity contribution in [3.05, 3.63) is 23.8 Å². The Morgan fingerprint density at radius 2 is 1.84 bits per heavy atom. The fourth-order valence-electron chi connectivity index (χ4n) is 2.86. The topological polar surface area (TPSA) is 30.5 Å². The molecule has 0 heterocycles. The minimum Gasteiger partial charge on any atom is -0.493 e. The first kappa shape index (κ1) is 14.2. The molecule has 0 unspecified atom stereocenters. The minimum atomic E-state index is 0.654. The summed E-state index contributed by atoms with van der Waals surface area (Å²) in [5.41, 5.74) is 1.25. The largest absolute Gasteiger partial charge is 0.493 e. The molecule has 1 fully saturated rings. The third-order valence-electron chi connectivity index (χ3n) is 4.13. The van der Waals surface area contributed by atoms with Crippen molar-refractivity contribution in [3.63, 3.8) is 0 Å². The van der Waals surface area contributed by atoms with Gasteiger partial charge in [-0.15, -0.1) is 0 Å². The number of rotatable bonds is 5. The van der Waals surface area contributed by atoms with Gasteiger partial charge in [0.1, 0.15) is 0 Å². The van der Waals surface area contributed by atoms with Gasteiger partial charge in [-0.1, -0.05) is 25.8 Å². The molecule has 1 aliphatic rings. The average molecular weight is 263 g/mol. The molecular formula is C16H25NO2. The van der Waals surface area contributed by atoms with E-state index in [1.54, 1.807) is 14.2 Å². The smallest absolute Gasteiger partial charge is 0.161 e. The fourth-order valence-corrected chi connectivity index (χ4v) is 2.86. The molecule has 0 radical (unpaired) electrons. The number of hydrogen-bond acceptors (Lipinski definition) is 3. The average Bonchev–Trinajstić information content (AvgIpc) is 2.46. The third-order valence-corrected chi connectivity index (χ3v) is 4.13. The Labute approximate surface area is 116 Å². The molecule has 3 nitrogen and oxygen atoms in total. The Balaban J connectivity index is 1.95. The first-order chi connectivity index (χ1) is 9.24. The van der Waals surface area contributed by atoms with E-state index in [1.807, 2.05) is 6.07 Å². The molecule has 1 N–H and O–H groups in total. The lowest BCUT2D eigenvalue weighted by Gasteiger charge is -2.29. The Morgan fingerprint density at radius 3 is 2.53 bits per heavy atom. The summed E-state index contributed by atoms with van der Waals surface area (Å²) in [6.45, 7) is 3.25. The van der Waals surface area contributed by atoms with Crippen LogP contribution in [0.1, 0.15) is 38.2 Å². The lowest BCUT2D eigenvalue weighted by atomic mass is 9.86. The Bertz CT molecular complexity index is 406. The van der Waals surface area contributed by atoms with Crippen molar-refractivity contribution in [1.82, 2.24) is 5.32 Å². The van der Waals surface area contributed by atoms with E-state index in [2.05, 4.69) is 24.4 Å². The van der Waals surface area contributed by atoms with Crippen molar-refractivity contribution >= 4 is 0 Å². The molecule has 0 spiro atoms. The van der Waals surface area contributed by atoms with Gasteiger partial charge in [0, 0.05) is 12.6 Å². The monoisotopic (exact) mass is 263 g/mol. The van der Waals surface area contributed by atoms with E-state index in [9.17, 15) is 0 Å². The number of nitrogens with one attached hydrogen (secondary N) is 1. The fraction of sp³-hybridized carbons (Fsp3) is 0.625. The molecule has 0 aromatic heterocycles. The Morgan fingerprint density at radius 1 is 1.11 bits per heavy atom. The zero-order chi connectivity index (χ0) is 13.7. The number of hydrogen-bond donors (Lipinski definition) is 1. The highest BCUT2D eigenvalue weighted by molar-refractivity contribution is 5.42. The van der Waals surface area contributed by atoms with E-state index >= 15 is 0 Å². The van der Waals surface area contributed by atoms with Crippen molar-refractivity contribution in [2.24, 2.45) is 5.92 Å². The molecule has 1 aromatic carbocycles. The van der Waals surface area contributed by atoms with Crippen LogP contribution in [0.2, 0.25) is 0 Å². The summed E-state index contributed by atoms with van der Waals surface area (Å²) in [4.78, 5) is 0. The van der Waals surface area contributed by atoms with Crippen molar-refractivity contribution in [2.45, 2.75) is 45.2 Å². The van der Waals surface area contributed by atoms with Crippen molar-refractivity contribution in [2.75, 3.05) is 14.2 Å². The summed E-state index contributed by atoms with van der Waals surface area (Å²) in [5, 5.41) is 3.68. The van der Waals surface area contributed by atoms with E-state index in [0.717, 1.165) is 24.0 Å². The number of benzene rings is 1. The van der Waals surface area contributed by atoms with Gasteiger partial charge in [0.2, 0.25) is 0 Å². The highest BCUT2D eigenvalue weighted by atomic mass is 16.5. The molecule has 0 saturated heterocycles. The summed E-state index contributed by atoms with van der Waals surface area (Å²) in [7, 11) is 3.34. The summed E-state index contributed by atoms with van der Waals surface area (Å²) in [6.07, 6.45) is 5.39. The van der Waals surface area contributed by atoms with Gasteiger partial charge in [0.05, 0.1) is 14.2 Å². The normalized spacial score (nSPS) is 23.1. The molecule has 1 saturated carbocycles. The van der Waals surface area contributed by atoms with Crippen LogP contribution >= 0.6 is 0 Å². The molecule has 1 aromatic rings. The van der Waals surface area contributed by atoms with Gasteiger partial charge in [-0.2, -0.15) is 0 Å². The van der Waals surface area contributed by atoms with Gasteiger partial charge >= 0.3 is 0 Å². The lowest BCUT2D eigenvalue weighted by Crippen LogP contribution is -2.36. The first-order valence-electron chi connectivity index (χ1n) is 7.19. The van der Waals surface area contributed by atoms with Crippen LogP contribution in [0, 0.1) is 5.92 Å². The van der Waals surface area contributed by atoms with Gasteiger partial charge in [-0.25, -0.2) is 0 Å². The molecule has 3 heteroatoms. The van der Waals surface area contributed by atoms with Crippen molar-refractivity contribution in [1.29, 1.82) is 0 Å². The molecule has 2 rings (SSSR count). The van der Waals surface area contributed by atoms with E-state index in [1.165, 1.54) is 31.2 Å². The highest BCUT2D eigenvalue weighted by Gasteiger charge is 2.20. The molecule has 19 heavy (non-hydrogen) atoms. The van der Waals surface area contributed by atoms with E-state index in [0.29, 0.717) is 6.04 Å². The zero-order valence-electron chi connectivity index (χ0n) is 12.2. The van der Waals surface area contributed by atoms with Gasteiger partial charge in [-0.3, -0.25) is 0 Å². The van der Waals surface area contributed by atoms with Crippen LogP contribution < -0.4 is 14.8 Å². The van der Waals surface area contributed by atoms with Crippen LogP contribution in [0.4, 0.5) is 0 Å². The maximum absolute atomic E-state index is 5.34. The standard InChI is InChI=1S/C16H25NO2/c1-12-6-4-5-7-14(12)17-11-13-8-9-15(18-2)16(10-13)19-3/h8-10,12,14,17H,4-7,11H2,1-3H3/t12-,14-/m1/s1. The van der Waals surface area contributed by atoms with Crippen molar-refractivity contribution in [3.8, 4) is 11.5 Å². The molecule has 0 aliphatic heterocycles. The zero-order valence-corrected chi connectivity index (χ0v) is 12.2. The van der Waals surface area contributed by atoms with Gasteiger partial charge in [-0.05, 0) is 36.5 Å². The van der Waals surface area contributed by atoms with Gasteiger partial charge in [0.25, 0.3) is 0 Å². The van der Waals surface area contributed by atoms with Crippen LogP contribution in [0.5, 0.6) is 11.5 Å². The Kier molecular flexibility index (Phi) is 5.08. The second-order valence-electron chi connectivity index (χ2n) is 5.44. The first-order valence-corrected chi connectivity index (χ1v) is 7.19.